The topological polar surface area (TPSA) is 34.1 Å². The SMILES string of the molecule is [CH-]=O.[CH-]=O.[Y]. The molecular weight excluding hydrogens is 145 g/mol. The molecule has 0 aromatic rings. The Morgan fingerprint density at radius 1 is 0.800 bits per heavy atom. The molecule has 27 valence electrons. The molecule has 1 radical (unpaired) electrons. The van der Waals surface area contributed by atoms with E-state index >= 15 is 0 Å². The van der Waals surface area contributed by atoms with Crippen LogP contribution < -0.4 is 0 Å². The van der Waals surface area contributed by atoms with Gasteiger partial charge in [0.1, 0.15) is 0 Å². The van der Waals surface area contributed by atoms with Crippen LogP contribution in [0.25, 0.3) is 0 Å². The van der Waals surface area contributed by atoms with Gasteiger partial charge in [-0.1, -0.05) is 0 Å². The minimum atomic E-state index is 0. The van der Waals surface area contributed by atoms with Crippen molar-refractivity contribution in [2.24, 2.45) is 0 Å². The molecule has 0 fully saturated rings. The van der Waals surface area contributed by atoms with E-state index in [9.17, 15) is 0 Å². The van der Waals surface area contributed by atoms with E-state index in [1.807, 2.05) is 0 Å². The van der Waals surface area contributed by atoms with Crippen LogP contribution in [0.2, 0.25) is 0 Å². The third-order valence-electron chi connectivity index (χ3n) is 0. The van der Waals surface area contributed by atoms with Gasteiger partial charge < -0.3 is 9.59 Å². The molecule has 0 aliphatic carbocycles. The van der Waals surface area contributed by atoms with Crippen molar-refractivity contribution < 1.29 is 42.3 Å². The fraction of sp³-hybridized carbons (Fsp3) is 0. The smallest absolute Gasteiger partial charge is 0 e. The van der Waals surface area contributed by atoms with Crippen molar-refractivity contribution in [2.45, 2.75) is 0 Å². The van der Waals surface area contributed by atoms with Gasteiger partial charge in [0.25, 0.3) is 0 Å². The second kappa shape index (κ2) is 267. The van der Waals surface area contributed by atoms with Crippen LogP contribution in [0, 0.1) is 0 Å². The molecule has 0 aromatic carbocycles. The summed E-state index contributed by atoms with van der Waals surface area (Å²) in [7, 11) is 0. The third-order valence-corrected chi connectivity index (χ3v) is 0. The van der Waals surface area contributed by atoms with Crippen molar-refractivity contribution in [1.82, 2.24) is 0 Å². The summed E-state index contributed by atoms with van der Waals surface area (Å²) >= 11 is 0. The van der Waals surface area contributed by atoms with Crippen LogP contribution in [0.3, 0.4) is 0 Å². The number of carbonyl (C=O) groups excluding carboxylic acids is 2. The van der Waals surface area contributed by atoms with Crippen molar-refractivity contribution in [3.63, 3.8) is 0 Å². The predicted octanol–water partition coefficient (Wildman–Crippen LogP) is -0.551. The molecule has 0 amide bonds. The molecule has 0 N–H and O–H groups in total. The van der Waals surface area contributed by atoms with Crippen LogP contribution in [-0.2, 0) is 42.3 Å². The molecule has 0 unspecified atom stereocenters. The first kappa shape index (κ1) is 18.0. The van der Waals surface area contributed by atoms with Crippen LogP contribution in [0.5, 0.6) is 0 Å². The summed E-state index contributed by atoms with van der Waals surface area (Å²) in [5, 5.41) is 0. The van der Waals surface area contributed by atoms with Gasteiger partial charge in [0.2, 0.25) is 0 Å². The van der Waals surface area contributed by atoms with Crippen LogP contribution in [0.15, 0.2) is 0 Å². The molecule has 2 nitrogen and oxygen atoms in total. The van der Waals surface area contributed by atoms with Gasteiger partial charge in [-0.3, -0.25) is 13.6 Å². The summed E-state index contributed by atoms with van der Waals surface area (Å²) in [6.07, 6.45) is 0. The summed E-state index contributed by atoms with van der Waals surface area (Å²) in [4.78, 5) is 15.5. The standard InChI is InChI=1S/2CHO.Y/c2*1-2;/h2*1H;/q2*-1;. The average Bonchev–Trinajstić information content (AvgIpc) is 1.50. The molecule has 0 atom stereocenters. The second-order valence-electron chi connectivity index (χ2n) is 0. The van der Waals surface area contributed by atoms with E-state index in [1.165, 1.54) is 0 Å². The van der Waals surface area contributed by atoms with Crippen LogP contribution in [-0.4, -0.2) is 13.6 Å². The van der Waals surface area contributed by atoms with Crippen LogP contribution in [0.1, 0.15) is 0 Å². The summed E-state index contributed by atoms with van der Waals surface area (Å²) in [5.41, 5.74) is 0. The molecule has 0 spiro atoms. The van der Waals surface area contributed by atoms with Gasteiger partial charge in [-0.15, -0.1) is 0 Å². The van der Waals surface area contributed by atoms with Crippen molar-refractivity contribution in [2.75, 3.05) is 0 Å². The van der Waals surface area contributed by atoms with Crippen molar-refractivity contribution in [3.05, 3.63) is 0 Å². The van der Waals surface area contributed by atoms with Crippen molar-refractivity contribution in [3.8, 4) is 0 Å². The van der Waals surface area contributed by atoms with Crippen LogP contribution >= 0.6 is 0 Å². The van der Waals surface area contributed by atoms with Gasteiger partial charge in [0, 0.05) is 32.7 Å². The average molecular weight is 147 g/mol. The van der Waals surface area contributed by atoms with E-state index < -0.39 is 0 Å². The zero-order chi connectivity index (χ0) is 4.00. The Labute approximate surface area is 55.8 Å². The quantitative estimate of drug-likeness (QED) is 0.340. The fourth-order valence-electron chi connectivity index (χ4n) is 0. The molecule has 0 aromatic heterocycles. The summed E-state index contributed by atoms with van der Waals surface area (Å²) in [6, 6.07) is 0. The normalized spacial score (nSPS) is 1.60. The minimum Gasteiger partial charge on any atom is -0.545 e. The first-order chi connectivity index (χ1) is 2.00. The number of hydrogen-bond donors (Lipinski definition) is 0. The maximum absolute atomic E-state index is 7.75. The molecule has 0 heterocycles. The summed E-state index contributed by atoms with van der Waals surface area (Å²) in [6.45, 7) is 6.50. The Morgan fingerprint density at radius 2 is 0.800 bits per heavy atom. The molecule has 5 heavy (non-hydrogen) atoms. The largest absolute Gasteiger partial charge is 0.545 e. The second-order valence-corrected chi connectivity index (χ2v) is 0. The Morgan fingerprint density at radius 3 is 0.800 bits per heavy atom. The molecule has 0 aliphatic heterocycles. The monoisotopic (exact) mass is 147 g/mol. The van der Waals surface area contributed by atoms with E-state index in [0.717, 1.165) is 0 Å². The summed E-state index contributed by atoms with van der Waals surface area (Å²) in [5.74, 6) is 0. The zero-order valence-corrected chi connectivity index (χ0v) is 5.39. The van der Waals surface area contributed by atoms with Gasteiger partial charge in [-0.2, -0.15) is 0 Å². The molecule has 0 aliphatic rings. The Kier molecular flexibility index (Phi) is 963. The van der Waals surface area contributed by atoms with Crippen molar-refractivity contribution in [1.29, 1.82) is 0 Å². The van der Waals surface area contributed by atoms with E-state index in [1.54, 1.807) is 0 Å². The number of rotatable bonds is 0. The maximum Gasteiger partial charge on any atom is 0 e. The molecule has 0 saturated heterocycles. The predicted molar refractivity (Wildman–Crippen MR) is 13.5 cm³/mol. The summed E-state index contributed by atoms with van der Waals surface area (Å²) < 4.78 is 0. The Bertz CT molecular complexity index is 9.61. The Balaban J connectivity index is -0.0000000133. The molecular formula is C2H2O2Y-2. The fourth-order valence-corrected chi connectivity index (χ4v) is 0. The van der Waals surface area contributed by atoms with E-state index in [-0.39, 0.29) is 32.7 Å². The molecule has 0 saturated carbocycles. The van der Waals surface area contributed by atoms with E-state index in [0.29, 0.717) is 0 Å². The Hall–Kier alpha value is 0.444. The minimum absolute atomic E-state index is 0. The molecule has 0 bridgehead atoms. The third kappa shape index (κ3) is 135. The van der Waals surface area contributed by atoms with E-state index in [4.69, 9.17) is 9.59 Å². The molecule has 0 rings (SSSR count). The first-order valence-electron chi connectivity index (χ1n) is 0.471. The zero-order valence-electron chi connectivity index (χ0n) is 2.55. The van der Waals surface area contributed by atoms with Gasteiger partial charge >= 0.3 is 0 Å². The molecule has 3 heteroatoms. The van der Waals surface area contributed by atoms with Gasteiger partial charge in [-0.25, -0.2) is 0 Å². The van der Waals surface area contributed by atoms with E-state index in [2.05, 4.69) is 13.6 Å². The van der Waals surface area contributed by atoms with Crippen molar-refractivity contribution >= 4 is 13.6 Å². The first-order valence-corrected chi connectivity index (χ1v) is 0.471. The van der Waals surface area contributed by atoms with Gasteiger partial charge in [0.15, 0.2) is 0 Å². The van der Waals surface area contributed by atoms with Crippen LogP contribution in [0.4, 0.5) is 0 Å². The van der Waals surface area contributed by atoms with Gasteiger partial charge in [-0.05, 0) is 0 Å². The number of hydrogen-bond acceptors (Lipinski definition) is 2. The maximum atomic E-state index is 7.75. The van der Waals surface area contributed by atoms with Gasteiger partial charge in [0.05, 0.1) is 0 Å².